The summed E-state index contributed by atoms with van der Waals surface area (Å²) < 4.78 is 5.30. The molecule has 3 aromatic heterocycles. The highest BCUT2D eigenvalue weighted by Crippen LogP contribution is 2.29. The van der Waals surface area contributed by atoms with Crippen molar-refractivity contribution in [1.82, 2.24) is 19.9 Å². The van der Waals surface area contributed by atoms with E-state index in [0.29, 0.717) is 21.1 Å². The minimum atomic E-state index is -1.02. The highest BCUT2D eigenvalue weighted by atomic mass is 35.5. The summed E-state index contributed by atoms with van der Waals surface area (Å²) in [6.07, 6.45) is 1.73. The van der Waals surface area contributed by atoms with Gasteiger partial charge in [-0.25, -0.2) is 19.7 Å². The van der Waals surface area contributed by atoms with Gasteiger partial charge in [-0.3, -0.25) is 4.79 Å². The van der Waals surface area contributed by atoms with Crippen LogP contribution in [0.5, 0.6) is 0 Å². The molecule has 4 aromatic rings. The average molecular weight is 428 g/mol. The summed E-state index contributed by atoms with van der Waals surface area (Å²) in [5, 5.41) is 3.26. The predicted molar refractivity (Wildman–Crippen MR) is 110 cm³/mol. The highest BCUT2D eigenvalue weighted by molar-refractivity contribution is 7.17. The molecule has 1 unspecified atom stereocenters. The first-order chi connectivity index (χ1) is 14.0. The Labute approximate surface area is 173 Å². The fraction of sp³-hybridized carbons (Fsp3) is 0.105. The molecule has 0 aliphatic rings. The molecule has 1 aromatic carbocycles. The summed E-state index contributed by atoms with van der Waals surface area (Å²) in [5.41, 5.74) is 1.86. The molecule has 0 saturated heterocycles. The molecule has 0 radical (unpaired) electrons. The number of halogens is 1. The summed E-state index contributed by atoms with van der Waals surface area (Å²) >= 11 is 7.18. The van der Waals surface area contributed by atoms with Crippen LogP contribution in [0.1, 0.15) is 16.6 Å². The largest absolute Gasteiger partial charge is 0.448 e. The lowest BCUT2D eigenvalue weighted by Crippen LogP contribution is -2.30. The zero-order valence-electron chi connectivity index (χ0n) is 15.0. The van der Waals surface area contributed by atoms with E-state index in [0.717, 1.165) is 10.4 Å². The van der Waals surface area contributed by atoms with Crippen LogP contribution < -0.4 is 5.32 Å². The standard InChI is InChI=1S/C19H14ClN5O3S/c1-10(18(26)25-17-15-16(22-8-21-15)23-9-24-17)28-19(27)14-7-6-13(29-14)11-2-4-12(20)5-3-11/h2-10H,1H3,(H2,21,22,23,24,25,26). The molecular weight excluding hydrogens is 414 g/mol. The third kappa shape index (κ3) is 4.10. The molecule has 4 rings (SSSR count). The number of H-pyrrole nitrogens is 1. The maximum absolute atomic E-state index is 12.4. The number of aromatic amines is 1. The Balaban J connectivity index is 1.42. The lowest BCUT2D eigenvalue weighted by molar-refractivity contribution is -0.123. The Hall–Kier alpha value is -3.30. The van der Waals surface area contributed by atoms with Crippen molar-refractivity contribution in [3.63, 3.8) is 0 Å². The molecule has 0 aliphatic heterocycles. The van der Waals surface area contributed by atoms with Gasteiger partial charge in [0.15, 0.2) is 17.6 Å². The van der Waals surface area contributed by atoms with E-state index in [1.165, 1.54) is 30.9 Å². The molecule has 0 saturated carbocycles. The second kappa shape index (κ2) is 7.98. The van der Waals surface area contributed by atoms with Gasteiger partial charge < -0.3 is 15.0 Å². The van der Waals surface area contributed by atoms with Crippen molar-refractivity contribution in [1.29, 1.82) is 0 Å². The van der Waals surface area contributed by atoms with Gasteiger partial charge in [0.1, 0.15) is 16.7 Å². The van der Waals surface area contributed by atoms with Crippen molar-refractivity contribution < 1.29 is 14.3 Å². The smallest absolute Gasteiger partial charge is 0.349 e. The van der Waals surface area contributed by atoms with Crippen LogP contribution in [-0.2, 0) is 9.53 Å². The summed E-state index contributed by atoms with van der Waals surface area (Å²) in [7, 11) is 0. The summed E-state index contributed by atoms with van der Waals surface area (Å²) in [6.45, 7) is 1.49. The van der Waals surface area contributed by atoms with Crippen LogP contribution in [0.25, 0.3) is 21.6 Å². The van der Waals surface area contributed by atoms with Crippen molar-refractivity contribution in [2.24, 2.45) is 0 Å². The monoisotopic (exact) mass is 427 g/mol. The fourth-order valence-corrected chi connectivity index (χ4v) is 3.59. The van der Waals surface area contributed by atoms with Crippen molar-refractivity contribution in [2.75, 3.05) is 5.32 Å². The van der Waals surface area contributed by atoms with E-state index in [1.807, 2.05) is 18.2 Å². The van der Waals surface area contributed by atoms with Gasteiger partial charge in [0.25, 0.3) is 5.91 Å². The van der Waals surface area contributed by atoms with Gasteiger partial charge >= 0.3 is 5.97 Å². The average Bonchev–Trinajstić information content (AvgIpc) is 3.38. The number of esters is 1. The zero-order valence-corrected chi connectivity index (χ0v) is 16.6. The maximum Gasteiger partial charge on any atom is 0.349 e. The van der Waals surface area contributed by atoms with Gasteiger partial charge in [0, 0.05) is 9.90 Å². The molecular formula is C19H14ClN5O3S. The Bertz CT molecular complexity index is 1190. The number of nitrogens with one attached hydrogen (secondary N) is 2. The van der Waals surface area contributed by atoms with E-state index >= 15 is 0 Å². The molecule has 0 spiro atoms. The topological polar surface area (TPSA) is 110 Å². The molecule has 29 heavy (non-hydrogen) atoms. The van der Waals surface area contributed by atoms with E-state index in [2.05, 4.69) is 25.3 Å². The van der Waals surface area contributed by atoms with Crippen molar-refractivity contribution >= 4 is 51.8 Å². The third-order valence-electron chi connectivity index (χ3n) is 4.05. The van der Waals surface area contributed by atoms with Crippen molar-refractivity contribution in [2.45, 2.75) is 13.0 Å². The number of ether oxygens (including phenoxy) is 1. The third-order valence-corrected chi connectivity index (χ3v) is 5.42. The number of thiophene rings is 1. The van der Waals surface area contributed by atoms with Crippen LogP contribution in [-0.4, -0.2) is 37.9 Å². The molecule has 0 fully saturated rings. The second-order valence-electron chi connectivity index (χ2n) is 6.03. The first-order valence-corrected chi connectivity index (χ1v) is 9.72. The second-order valence-corrected chi connectivity index (χ2v) is 7.55. The molecule has 0 aliphatic carbocycles. The normalized spacial score (nSPS) is 11.9. The lowest BCUT2D eigenvalue weighted by atomic mass is 10.2. The summed E-state index contributed by atoms with van der Waals surface area (Å²) in [4.78, 5) is 41.0. The summed E-state index contributed by atoms with van der Waals surface area (Å²) in [6, 6.07) is 10.8. The first kappa shape index (κ1) is 19.0. The van der Waals surface area contributed by atoms with E-state index in [4.69, 9.17) is 16.3 Å². The molecule has 2 N–H and O–H groups in total. The number of anilines is 1. The van der Waals surface area contributed by atoms with Gasteiger partial charge in [-0.2, -0.15) is 0 Å². The van der Waals surface area contributed by atoms with Gasteiger partial charge in [-0.15, -0.1) is 11.3 Å². The van der Waals surface area contributed by atoms with Gasteiger partial charge in [0.2, 0.25) is 0 Å². The Kier molecular flexibility index (Phi) is 5.24. The number of carbonyl (C=O) groups is 2. The fourth-order valence-electron chi connectivity index (χ4n) is 2.57. The Morgan fingerprint density at radius 2 is 1.93 bits per heavy atom. The number of imidazole rings is 1. The number of fused-ring (bicyclic) bond motifs is 1. The number of hydrogen-bond acceptors (Lipinski definition) is 7. The maximum atomic E-state index is 12.4. The Morgan fingerprint density at radius 1 is 1.14 bits per heavy atom. The number of carbonyl (C=O) groups excluding carboxylic acids is 2. The van der Waals surface area contributed by atoms with Crippen LogP contribution in [0.3, 0.4) is 0 Å². The quantitative estimate of drug-likeness (QED) is 0.467. The molecule has 3 heterocycles. The lowest BCUT2D eigenvalue weighted by Gasteiger charge is -2.12. The molecule has 1 atom stereocenters. The first-order valence-electron chi connectivity index (χ1n) is 8.53. The zero-order chi connectivity index (χ0) is 20.4. The molecule has 0 bridgehead atoms. The van der Waals surface area contributed by atoms with E-state index in [1.54, 1.807) is 18.2 Å². The van der Waals surface area contributed by atoms with Crippen LogP contribution in [0, 0.1) is 0 Å². The highest BCUT2D eigenvalue weighted by Gasteiger charge is 2.22. The van der Waals surface area contributed by atoms with Crippen molar-refractivity contribution in [3.8, 4) is 10.4 Å². The molecule has 8 nitrogen and oxygen atoms in total. The Morgan fingerprint density at radius 3 is 2.72 bits per heavy atom. The van der Waals surface area contributed by atoms with E-state index in [-0.39, 0.29) is 5.82 Å². The molecule has 146 valence electrons. The van der Waals surface area contributed by atoms with Crippen LogP contribution >= 0.6 is 22.9 Å². The molecule has 1 amide bonds. The van der Waals surface area contributed by atoms with Crippen LogP contribution in [0.2, 0.25) is 5.02 Å². The van der Waals surface area contributed by atoms with Crippen LogP contribution in [0.15, 0.2) is 49.1 Å². The van der Waals surface area contributed by atoms with Gasteiger partial charge in [-0.05, 0) is 36.8 Å². The van der Waals surface area contributed by atoms with E-state index in [9.17, 15) is 9.59 Å². The number of hydrogen-bond donors (Lipinski definition) is 2. The molecule has 10 heteroatoms. The van der Waals surface area contributed by atoms with E-state index < -0.39 is 18.0 Å². The van der Waals surface area contributed by atoms with Crippen molar-refractivity contribution in [3.05, 3.63) is 59.0 Å². The predicted octanol–water partition coefficient (Wildman–Crippen LogP) is 3.92. The minimum Gasteiger partial charge on any atom is -0.448 e. The number of nitrogens with zero attached hydrogens (tertiary/aromatic N) is 3. The number of amides is 1. The SMILES string of the molecule is CC(OC(=O)c1ccc(-c2ccc(Cl)cc2)s1)C(=O)Nc1ncnc2nc[nH]c12. The minimum absolute atomic E-state index is 0.265. The number of rotatable bonds is 5. The van der Waals surface area contributed by atoms with Gasteiger partial charge in [0.05, 0.1) is 6.33 Å². The summed E-state index contributed by atoms with van der Waals surface area (Å²) in [5.74, 6) is -0.823. The van der Waals surface area contributed by atoms with Crippen LogP contribution in [0.4, 0.5) is 5.82 Å². The number of benzene rings is 1. The van der Waals surface area contributed by atoms with Gasteiger partial charge in [-0.1, -0.05) is 23.7 Å². The number of aromatic nitrogens is 4.